The van der Waals surface area contributed by atoms with Crippen LogP contribution in [-0.4, -0.2) is 49.6 Å². The summed E-state index contributed by atoms with van der Waals surface area (Å²) in [6.07, 6.45) is 2.88. The maximum atomic E-state index is 12.8. The Kier molecular flexibility index (Phi) is 8.41. The monoisotopic (exact) mass is 500 g/mol. The summed E-state index contributed by atoms with van der Waals surface area (Å²) in [5, 5.41) is 10.6. The summed E-state index contributed by atoms with van der Waals surface area (Å²) < 4.78 is 33.8. The summed E-state index contributed by atoms with van der Waals surface area (Å²) in [6.45, 7) is 3.12. The fourth-order valence-corrected chi connectivity index (χ4v) is 5.34. The molecule has 32 heavy (non-hydrogen) atoms. The van der Waals surface area contributed by atoms with Gasteiger partial charge in [-0.15, -0.1) is 0 Å². The Morgan fingerprint density at radius 3 is 2.34 bits per heavy atom. The third-order valence-electron chi connectivity index (χ3n) is 5.38. The van der Waals surface area contributed by atoms with Crippen molar-refractivity contribution in [2.75, 3.05) is 13.1 Å². The standard InChI is InChI=1S/C22H26Cl2N2O5S/c1-15(21(22(27)28)26-11-3-2-4-12-26)25-32(29,30)18-8-6-17(7-9-18)31-14-16-5-10-19(23)20(24)13-16/h5-10,13,15,21,25H,2-4,11-12,14H2,1H3,(H,27,28). The number of nitrogens with zero attached hydrogens (tertiary/aromatic N) is 1. The van der Waals surface area contributed by atoms with Gasteiger partial charge in [0, 0.05) is 6.04 Å². The van der Waals surface area contributed by atoms with Gasteiger partial charge in [-0.2, -0.15) is 0 Å². The summed E-state index contributed by atoms with van der Waals surface area (Å²) in [6, 6.07) is 9.42. The fourth-order valence-electron chi connectivity index (χ4n) is 3.77. The lowest BCUT2D eigenvalue weighted by atomic mass is 10.0. The van der Waals surface area contributed by atoms with Gasteiger partial charge in [-0.05, 0) is 74.8 Å². The van der Waals surface area contributed by atoms with Crippen molar-refractivity contribution in [2.45, 2.75) is 49.8 Å². The molecule has 1 fully saturated rings. The predicted molar refractivity (Wildman–Crippen MR) is 124 cm³/mol. The molecule has 1 heterocycles. The first kappa shape index (κ1) is 24.8. The molecule has 10 heteroatoms. The molecule has 2 aromatic carbocycles. The molecule has 0 saturated carbocycles. The molecular weight excluding hydrogens is 475 g/mol. The van der Waals surface area contributed by atoms with E-state index in [1.54, 1.807) is 37.3 Å². The number of carboxylic acids is 1. The van der Waals surface area contributed by atoms with Crippen molar-refractivity contribution in [3.05, 3.63) is 58.1 Å². The average molecular weight is 501 g/mol. The van der Waals surface area contributed by atoms with Crippen molar-refractivity contribution in [2.24, 2.45) is 0 Å². The SMILES string of the molecule is CC(NS(=O)(=O)c1ccc(OCc2ccc(Cl)c(Cl)c2)cc1)C(C(=O)O)N1CCCCC1. The van der Waals surface area contributed by atoms with Crippen molar-refractivity contribution in [1.29, 1.82) is 0 Å². The maximum Gasteiger partial charge on any atom is 0.322 e. The molecule has 3 rings (SSSR count). The average Bonchev–Trinajstić information content (AvgIpc) is 2.75. The van der Waals surface area contributed by atoms with E-state index < -0.39 is 28.1 Å². The maximum absolute atomic E-state index is 12.8. The number of halogens is 2. The fraction of sp³-hybridized carbons (Fsp3) is 0.409. The van der Waals surface area contributed by atoms with Gasteiger partial charge in [0.1, 0.15) is 18.4 Å². The quantitative estimate of drug-likeness (QED) is 0.536. The van der Waals surface area contributed by atoms with E-state index in [1.165, 1.54) is 12.1 Å². The second-order valence-corrected chi connectivity index (χ2v) is 10.3. The van der Waals surface area contributed by atoms with Gasteiger partial charge in [0.05, 0.1) is 14.9 Å². The summed E-state index contributed by atoms with van der Waals surface area (Å²) in [5.74, 6) is -0.548. The van der Waals surface area contributed by atoms with Crippen molar-refractivity contribution in [3.63, 3.8) is 0 Å². The van der Waals surface area contributed by atoms with Gasteiger partial charge < -0.3 is 9.84 Å². The Labute approximate surface area is 198 Å². The molecule has 2 aromatic rings. The van der Waals surface area contributed by atoms with E-state index in [-0.39, 0.29) is 11.5 Å². The molecule has 0 aliphatic carbocycles. The Balaban J connectivity index is 1.64. The molecule has 2 N–H and O–H groups in total. The molecule has 0 spiro atoms. The lowest BCUT2D eigenvalue weighted by Gasteiger charge is -2.35. The van der Waals surface area contributed by atoms with Crippen molar-refractivity contribution in [3.8, 4) is 5.75 Å². The number of carboxylic acid groups (broad SMARTS) is 1. The number of benzene rings is 2. The minimum absolute atomic E-state index is 0.0361. The summed E-state index contributed by atoms with van der Waals surface area (Å²) in [7, 11) is -3.90. The van der Waals surface area contributed by atoms with Crippen LogP contribution in [0.15, 0.2) is 47.4 Å². The van der Waals surface area contributed by atoms with Crippen LogP contribution in [0.5, 0.6) is 5.75 Å². The second-order valence-electron chi connectivity index (χ2n) is 7.80. The zero-order valence-electron chi connectivity index (χ0n) is 17.6. The topological polar surface area (TPSA) is 95.9 Å². The van der Waals surface area contributed by atoms with E-state index >= 15 is 0 Å². The number of sulfonamides is 1. The molecule has 0 aromatic heterocycles. The van der Waals surface area contributed by atoms with Gasteiger partial charge in [-0.3, -0.25) is 9.69 Å². The highest BCUT2D eigenvalue weighted by atomic mass is 35.5. The molecule has 174 valence electrons. The zero-order chi connectivity index (χ0) is 23.3. The van der Waals surface area contributed by atoms with Crippen LogP contribution in [-0.2, 0) is 21.4 Å². The lowest BCUT2D eigenvalue weighted by molar-refractivity contribution is -0.144. The predicted octanol–water partition coefficient (Wildman–Crippen LogP) is 4.18. The molecule has 2 atom stereocenters. The third-order valence-corrected chi connectivity index (χ3v) is 7.69. The highest BCUT2D eigenvalue weighted by Crippen LogP contribution is 2.24. The first-order valence-corrected chi connectivity index (χ1v) is 12.6. The van der Waals surface area contributed by atoms with E-state index in [9.17, 15) is 18.3 Å². The van der Waals surface area contributed by atoms with Crippen LogP contribution >= 0.6 is 23.2 Å². The Hall–Kier alpha value is -1.84. The third kappa shape index (κ3) is 6.36. The molecule has 2 unspecified atom stereocenters. The van der Waals surface area contributed by atoms with Crippen LogP contribution in [0.25, 0.3) is 0 Å². The van der Waals surface area contributed by atoms with Gasteiger partial charge in [0.2, 0.25) is 10.0 Å². The summed E-state index contributed by atoms with van der Waals surface area (Å²) in [5.41, 5.74) is 0.823. The van der Waals surface area contributed by atoms with E-state index in [2.05, 4.69) is 4.72 Å². The Morgan fingerprint density at radius 1 is 1.09 bits per heavy atom. The van der Waals surface area contributed by atoms with E-state index in [4.69, 9.17) is 27.9 Å². The molecule has 1 aliphatic heterocycles. The molecule has 0 radical (unpaired) electrons. The van der Waals surface area contributed by atoms with Crippen molar-refractivity contribution in [1.82, 2.24) is 9.62 Å². The van der Waals surface area contributed by atoms with Gasteiger partial charge in [-0.25, -0.2) is 13.1 Å². The molecule has 0 bridgehead atoms. The number of piperidine rings is 1. The van der Waals surface area contributed by atoms with Crippen LogP contribution in [0, 0.1) is 0 Å². The molecular formula is C22H26Cl2N2O5S. The van der Waals surface area contributed by atoms with E-state index in [0.717, 1.165) is 24.8 Å². The van der Waals surface area contributed by atoms with Crippen molar-refractivity contribution >= 4 is 39.2 Å². The first-order valence-electron chi connectivity index (χ1n) is 10.3. The number of aliphatic carboxylic acids is 1. The minimum atomic E-state index is -3.90. The summed E-state index contributed by atoms with van der Waals surface area (Å²) >= 11 is 11.9. The van der Waals surface area contributed by atoms with E-state index in [1.807, 2.05) is 4.90 Å². The molecule has 0 amide bonds. The summed E-state index contributed by atoms with van der Waals surface area (Å²) in [4.78, 5) is 13.7. The molecule has 1 aliphatic rings. The van der Waals surface area contributed by atoms with E-state index in [0.29, 0.717) is 28.9 Å². The van der Waals surface area contributed by atoms with Crippen LogP contribution in [0.4, 0.5) is 0 Å². The largest absolute Gasteiger partial charge is 0.489 e. The minimum Gasteiger partial charge on any atom is -0.489 e. The van der Waals surface area contributed by atoms with Crippen LogP contribution in [0.1, 0.15) is 31.7 Å². The smallest absolute Gasteiger partial charge is 0.322 e. The Bertz CT molecular complexity index is 1040. The first-order chi connectivity index (χ1) is 15.2. The van der Waals surface area contributed by atoms with Gasteiger partial charge in [-0.1, -0.05) is 35.7 Å². The van der Waals surface area contributed by atoms with Gasteiger partial charge in [0.25, 0.3) is 0 Å². The van der Waals surface area contributed by atoms with Gasteiger partial charge in [0.15, 0.2) is 0 Å². The molecule has 1 saturated heterocycles. The zero-order valence-corrected chi connectivity index (χ0v) is 20.0. The highest BCUT2D eigenvalue weighted by Gasteiger charge is 2.34. The number of hydrogen-bond acceptors (Lipinski definition) is 5. The highest BCUT2D eigenvalue weighted by molar-refractivity contribution is 7.89. The number of ether oxygens (including phenoxy) is 1. The number of rotatable bonds is 9. The van der Waals surface area contributed by atoms with Crippen LogP contribution < -0.4 is 9.46 Å². The number of hydrogen-bond donors (Lipinski definition) is 2. The lowest BCUT2D eigenvalue weighted by Crippen LogP contribution is -2.55. The van der Waals surface area contributed by atoms with Crippen molar-refractivity contribution < 1.29 is 23.1 Å². The second kappa shape index (κ2) is 10.9. The Morgan fingerprint density at radius 2 is 1.75 bits per heavy atom. The van der Waals surface area contributed by atoms with Crippen LogP contribution in [0.3, 0.4) is 0 Å². The molecule has 7 nitrogen and oxygen atoms in total. The number of nitrogens with one attached hydrogen (secondary N) is 1. The number of likely N-dealkylation sites (tertiary alicyclic amines) is 1. The van der Waals surface area contributed by atoms with Gasteiger partial charge >= 0.3 is 5.97 Å². The number of carbonyl (C=O) groups is 1. The van der Waals surface area contributed by atoms with Crippen LogP contribution in [0.2, 0.25) is 10.0 Å². The normalized spacial score (nSPS) is 17.0.